The van der Waals surface area contributed by atoms with E-state index in [1.165, 1.54) is 23.5 Å². The van der Waals surface area contributed by atoms with Crippen molar-refractivity contribution in [2.24, 2.45) is 0 Å². The molecule has 0 saturated heterocycles. The fraction of sp³-hybridized carbons (Fsp3) is 0.208. The number of nitrogens with one attached hydrogen (secondary N) is 1. The Bertz CT molecular complexity index is 1130. The lowest BCUT2D eigenvalue weighted by Crippen LogP contribution is -2.26. The lowest BCUT2D eigenvalue weighted by molar-refractivity contribution is 0.102. The third-order valence-electron chi connectivity index (χ3n) is 5.23. The Morgan fingerprint density at radius 3 is 2.33 bits per heavy atom. The Labute approximate surface area is 178 Å². The molecule has 0 heterocycles. The molecule has 5 nitrogen and oxygen atoms in total. The minimum Gasteiger partial charge on any atom is -0.322 e. The monoisotopic (exact) mass is 422 g/mol. The maximum Gasteiger partial charge on any atom is 0.264 e. The van der Waals surface area contributed by atoms with E-state index in [4.69, 9.17) is 0 Å². The highest BCUT2D eigenvalue weighted by Crippen LogP contribution is 2.27. The summed E-state index contributed by atoms with van der Waals surface area (Å²) in [7, 11) is -2.29. The summed E-state index contributed by atoms with van der Waals surface area (Å²) in [5, 5.41) is 2.93. The van der Waals surface area contributed by atoms with Crippen LogP contribution in [0, 0.1) is 0 Å². The van der Waals surface area contributed by atoms with Gasteiger partial charge in [-0.25, -0.2) is 8.42 Å². The molecule has 0 fully saturated rings. The van der Waals surface area contributed by atoms with Crippen molar-refractivity contribution in [2.45, 2.75) is 31.1 Å². The van der Waals surface area contributed by atoms with E-state index in [2.05, 4.69) is 19.2 Å². The number of carbonyl (C=O) groups is 1. The van der Waals surface area contributed by atoms with Crippen molar-refractivity contribution in [2.75, 3.05) is 16.7 Å². The molecule has 0 aromatic heterocycles. The van der Waals surface area contributed by atoms with E-state index < -0.39 is 10.0 Å². The number of benzene rings is 3. The molecule has 1 atom stereocenters. The summed E-state index contributed by atoms with van der Waals surface area (Å²) in [6.07, 6.45) is 0.951. The van der Waals surface area contributed by atoms with Crippen LogP contribution in [0.4, 0.5) is 11.4 Å². The third-order valence-corrected chi connectivity index (χ3v) is 7.01. The minimum absolute atomic E-state index is 0.0664. The van der Waals surface area contributed by atoms with Crippen LogP contribution in [0.1, 0.15) is 42.1 Å². The van der Waals surface area contributed by atoms with Crippen molar-refractivity contribution in [1.29, 1.82) is 0 Å². The molecule has 0 aliphatic heterocycles. The molecule has 0 unspecified atom stereocenters. The Morgan fingerprint density at radius 2 is 1.63 bits per heavy atom. The Balaban J connectivity index is 1.88. The summed E-state index contributed by atoms with van der Waals surface area (Å²) < 4.78 is 27.3. The van der Waals surface area contributed by atoms with Crippen molar-refractivity contribution in [1.82, 2.24) is 0 Å². The zero-order valence-corrected chi connectivity index (χ0v) is 18.2. The first kappa shape index (κ1) is 21.6. The van der Waals surface area contributed by atoms with Crippen LogP contribution in [0.2, 0.25) is 0 Å². The summed E-state index contributed by atoms with van der Waals surface area (Å²) in [6, 6.07) is 22.6. The van der Waals surface area contributed by atoms with E-state index in [9.17, 15) is 13.2 Å². The molecule has 0 saturated carbocycles. The van der Waals surface area contributed by atoms with E-state index in [0.717, 1.165) is 17.7 Å². The van der Waals surface area contributed by atoms with E-state index in [1.54, 1.807) is 36.4 Å². The highest BCUT2D eigenvalue weighted by atomic mass is 32.2. The van der Waals surface area contributed by atoms with Gasteiger partial charge in [0.25, 0.3) is 15.9 Å². The summed E-state index contributed by atoms with van der Waals surface area (Å²) in [5.41, 5.74) is 2.64. The van der Waals surface area contributed by atoms with Crippen molar-refractivity contribution in [3.63, 3.8) is 0 Å². The summed E-state index contributed by atoms with van der Waals surface area (Å²) in [4.78, 5) is 12.9. The molecule has 6 heteroatoms. The van der Waals surface area contributed by atoms with Gasteiger partial charge < -0.3 is 5.32 Å². The number of para-hydroxylation sites is 2. The van der Waals surface area contributed by atoms with Gasteiger partial charge in [-0.05, 0) is 54.3 Å². The quantitative estimate of drug-likeness (QED) is 0.563. The van der Waals surface area contributed by atoms with Gasteiger partial charge in [0.15, 0.2) is 0 Å². The van der Waals surface area contributed by atoms with Gasteiger partial charge in [0, 0.05) is 18.3 Å². The van der Waals surface area contributed by atoms with Gasteiger partial charge in [0.05, 0.1) is 10.6 Å². The molecule has 3 rings (SSSR count). The molecule has 30 heavy (non-hydrogen) atoms. The molecule has 1 N–H and O–H groups in total. The molecule has 0 bridgehead atoms. The van der Waals surface area contributed by atoms with E-state index in [-0.39, 0.29) is 16.4 Å². The van der Waals surface area contributed by atoms with Crippen LogP contribution in [0.25, 0.3) is 0 Å². The Hall–Kier alpha value is -3.12. The number of amides is 1. The lowest BCUT2D eigenvalue weighted by Gasteiger charge is -2.20. The van der Waals surface area contributed by atoms with E-state index >= 15 is 0 Å². The van der Waals surface area contributed by atoms with Gasteiger partial charge in [-0.3, -0.25) is 9.10 Å². The first-order chi connectivity index (χ1) is 14.3. The maximum absolute atomic E-state index is 13.0. The standard InChI is InChI=1S/C24H26N2O3S/c1-4-18(2)22-15-8-9-16-23(22)25-24(27)19-11-10-14-21(17-19)30(28,29)26(3)20-12-6-5-7-13-20/h5-18H,4H2,1-3H3,(H,25,27)/t18-/m0/s1. The van der Waals surface area contributed by atoms with E-state index in [0.29, 0.717) is 11.6 Å². The van der Waals surface area contributed by atoms with Crippen molar-refractivity contribution < 1.29 is 13.2 Å². The molecular formula is C24H26N2O3S. The van der Waals surface area contributed by atoms with Crippen LogP contribution in [0.15, 0.2) is 83.8 Å². The number of hydrogen-bond acceptors (Lipinski definition) is 3. The van der Waals surface area contributed by atoms with Gasteiger partial charge in [0.2, 0.25) is 0 Å². The van der Waals surface area contributed by atoms with Gasteiger partial charge in [-0.15, -0.1) is 0 Å². The Morgan fingerprint density at radius 1 is 0.967 bits per heavy atom. The first-order valence-corrected chi connectivity index (χ1v) is 11.3. The summed E-state index contributed by atoms with van der Waals surface area (Å²) >= 11 is 0. The molecule has 156 valence electrons. The molecule has 0 spiro atoms. The second-order valence-electron chi connectivity index (χ2n) is 7.19. The topological polar surface area (TPSA) is 66.5 Å². The summed E-state index contributed by atoms with van der Waals surface area (Å²) in [6.45, 7) is 4.21. The average molecular weight is 423 g/mol. The Kier molecular flexibility index (Phi) is 6.57. The maximum atomic E-state index is 13.0. The van der Waals surface area contributed by atoms with Crippen molar-refractivity contribution >= 4 is 27.3 Å². The minimum atomic E-state index is -3.79. The van der Waals surface area contributed by atoms with Gasteiger partial charge in [-0.2, -0.15) is 0 Å². The van der Waals surface area contributed by atoms with Crippen LogP contribution in [-0.2, 0) is 10.0 Å². The highest BCUT2D eigenvalue weighted by Gasteiger charge is 2.22. The van der Waals surface area contributed by atoms with Crippen LogP contribution in [0.5, 0.6) is 0 Å². The second kappa shape index (κ2) is 9.13. The number of sulfonamides is 1. The zero-order chi connectivity index (χ0) is 21.7. The molecule has 0 aliphatic carbocycles. The number of rotatable bonds is 7. The van der Waals surface area contributed by atoms with Crippen LogP contribution in [0.3, 0.4) is 0 Å². The summed E-state index contributed by atoms with van der Waals surface area (Å²) in [5.74, 6) is -0.0436. The predicted molar refractivity (Wildman–Crippen MR) is 122 cm³/mol. The van der Waals surface area contributed by atoms with Gasteiger partial charge in [0.1, 0.15) is 0 Å². The fourth-order valence-corrected chi connectivity index (χ4v) is 4.43. The van der Waals surface area contributed by atoms with Crippen molar-refractivity contribution in [3.8, 4) is 0 Å². The fourth-order valence-electron chi connectivity index (χ4n) is 3.19. The molecule has 3 aromatic rings. The largest absolute Gasteiger partial charge is 0.322 e. The molecule has 0 aliphatic rings. The lowest BCUT2D eigenvalue weighted by atomic mass is 9.97. The third kappa shape index (κ3) is 4.54. The van der Waals surface area contributed by atoms with Crippen LogP contribution >= 0.6 is 0 Å². The second-order valence-corrected chi connectivity index (χ2v) is 9.16. The first-order valence-electron chi connectivity index (χ1n) is 9.89. The molecule has 1 amide bonds. The van der Waals surface area contributed by atoms with Crippen LogP contribution < -0.4 is 9.62 Å². The van der Waals surface area contributed by atoms with Gasteiger partial charge >= 0.3 is 0 Å². The molecule has 0 radical (unpaired) electrons. The number of anilines is 2. The number of carbonyl (C=O) groups excluding carboxylic acids is 1. The smallest absolute Gasteiger partial charge is 0.264 e. The molecular weight excluding hydrogens is 396 g/mol. The average Bonchev–Trinajstić information content (AvgIpc) is 2.79. The van der Waals surface area contributed by atoms with Gasteiger partial charge in [-0.1, -0.05) is 56.3 Å². The molecule has 3 aromatic carbocycles. The SMILES string of the molecule is CC[C@H](C)c1ccccc1NC(=O)c1cccc(S(=O)(=O)N(C)c2ccccc2)c1. The highest BCUT2D eigenvalue weighted by molar-refractivity contribution is 7.92. The predicted octanol–water partition coefficient (Wildman–Crippen LogP) is 5.28. The van der Waals surface area contributed by atoms with Crippen molar-refractivity contribution in [3.05, 3.63) is 90.0 Å². The van der Waals surface area contributed by atoms with E-state index in [1.807, 2.05) is 30.3 Å². The zero-order valence-electron chi connectivity index (χ0n) is 17.4. The number of hydrogen-bond donors (Lipinski definition) is 1. The normalized spacial score (nSPS) is 12.2. The number of nitrogens with zero attached hydrogens (tertiary/aromatic N) is 1. The van der Waals surface area contributed by atoms with Crippen LogP contribution in [-0.4, -0.2) is 21.4 Å².